The molecule has 0 aliphatic rings. The largest absolute Gasteiger partial charge is 0.382 e. The first kappa shape index (κ1) is 14.0. The topological polar surface area (TPSA) is 43.3 Å². The Labute approximate surface area is 122 Å². The van der Waals surface area contributed by atoms with Crippen molar-refractivity contribution in [3.63, 3.8) is 0 Å². The number of halogens is 1. The third-order valence-corrected chi connectivity index (χ3v) is 3.45. The summed E-state index contributed by atoms with van der Waals surface area (Å²) in [5.41, 5.74) is 8.73. The highest BCUT2D eigenvalue weighted by Gasteiger charge is 2.09. The van der Waals surface area contributed by atoms with E-state index in [0.29, 0.717) is 11.5 Å². The normalized spacial score (nSPS) is 10.5. The predicted molar refractivity (Wildman–Crippen MR) is 83.1 cm³/mol. The summed E-state index contributed by atoms with van der Waals surface area (Å²) in [4.78, 5) is 4.51. The van der Waals surface area contributed by atoms with E-state index >= 15 is 0 Å². The van der Waals surface area contributed by atoms with Crippen LogP contribution in [0.5, 0.6) is 0 Å². The van der Waals surface area contributed by atoms with Gasteiger partial charge in [-0.05, 0) is 46.8 Å². The van der Waals surface area contributed by atoms with Crippen molar-refractivity contribution >= 4 is 27.4 Å². The molecule has 2 aromatic rings. The highest BCUT2D eigenvalue weighted by atomic mass is 79.9. The Kier molecular flexibility index (Phi) is 4.49. The number of nitrogens with two attached hydrogens (primary N) is 1. The van der Waals surface area contributed by atoms with Crippen LogP contribution in [-0.4, -0.2) is 9.38 Å². The van der Waals surface area contributed by atoms with E-state index in [1.54, 1.807) is 0 Å². The van der Waals surface area contributed by atoms with Crippen LogP contribution in [0.15, 0.2) is 16.7 Å². The average Bonchev–Trinajstić information content (AvgIpc) is 2.68. The van der Waals surface area contributed by atoms with Gasteiger partial charge in [-0.25, -0.2) is 4.98 Å². The number of fused-ring (bicyclic) bond motifs is 1. The molecule has 2 N–H and O–H groups in total. The van der Waals surface area contributed by atoms with Crippen LogP contribution in [0, 0.1) is 18.8 Å². The van der Waals surface area contributed by atoms with Crippen LogP contribution in [0.2, 0.25) is 0 Å². The number of rotatable bonds is 3. The van der Waals surface area contributed by atoms with Crippen LogP contribution in [-0.2, 0) is 0 Å². The van der Waals surface area contributed by atoms with E-state index < -0.39 is 0 Å². The molecule has 0 aromatic carbocycles. The van der Waals surface area contributed by atoms with E-state index in [4.69, 9.17) is 5.73 Å². The van der Waals surface area contributed by atoms with Gasteiger partial charge in [0.2, 0.25) is 0 Å². The van der Waals surface area contributed by atoms with Crippen molar-refractivity contribution < 1.29 is 0 Å². The van der Waals surface area contributed by atoms with Crippen molar-refractivity contribution in [2.45, 2.75) is 39.5 Å². The summed E-state index contributed by atoms with van der Waals surface area (Å²) in [7, 11) is 0. The predicted octanol–water partition coefficient (Wildman–Crippen LogP) is 3.92. The number of hydrogen-bond acceptors (Lipinski definition) is 2. The second-order valence-corrected chi connectivity index (χ2v) is 5.56. The van der Waals surface area contributed by atoms with Crippen molar-refractivity contribution in [1.82, 2.24) is 9.38 Å². The first-order valence-electron chi connectivity index (χ1n) is 6.56. The van der Waals surface area contributed by atoms with E-state index in [-0.39, 0.29) is 0 Å². The minimum Gasteiger partial charge on any atom is -0.382 e. The van der Waals surface area contributed by atoms with Gasteiger partial charge in [-0.1, -0.05) is 25.7 Å². The molecule has 100 valence electrons. The van der Waals surface area contributed by atoms with Gasteiger partial charge in [0.1, 0.15) is 11.5 Å². The highest BCUT2D eigenvalue weighted by Crippen LogP contribution is 2.21. The number of unbranched alkanes of at least 4 members (excludes halogenated alkanes) is 3. The summed E-state index contributed by atoms with van der Waals surface area (Å²) >= 11 is 3.47. The lowest BCUT2D eigenvalue weighted by atomic mass is 10.2. The maximum absolute atomic E-state index is 6.09. The number of aryl methyl sites for hydroxylation is 1. The summed E-state index contributed by atoms with van der Waals surface area (Å²) in [6.45, 7) is 4.21. The Balaban J connectivity index is 2.30. The third kappa shape index (κ3) is 3.10. The zero-order chi connectivity index (χ0) is 13.8. The van der Waals surface area contributed by atoms with Crippen LogP contribution in [0.3, 0.4) is 0 Å². The number of nitrogen functional groups attached to an aromatic ring is 1. The molecule has 0 unspecified atom stereocenters. The molecule has 0 bridgehead atoms. The lowest BCUT2D eigenvalue weighted by Crippen LogP contribution is -1.95. The molecule has 0 fully saturated rings. The van der Waals surface area contributed by atoms with E-state index in [1.807, 2.05) is 23.6 Å². The zero-order valence-electron chi connectivity index (χ0n) is 11.3. The standard InChI is InChI=1S/C15H18BrN3/c1-3-4-5-6-7-8-13-14(17)19-10-12(16)9-11(2)15(19)18-13/h9-10H,3-6,17H2,1-2H3. The van der Waals surface area contributed by atoms with Gasteiger partial charge >= 0.3 is 0 Å². The number of pyridine rings is 1. The van der Waals surface area contributed by atoms with E-state index in [9.17, 15) is 0 Å². The van der Waals surface area contributed by atoms with Gasteiger partial charge in [-0.3, -0.25) is 4.40 Å². The number of nitrogens with zero attached hydrogens (tertiary/aromatic N) is 2. The van der Waals surface area contributed by atoms with Gasteiger partial charge in [0, 0.05) is 17.1 Å². The molecular weight excluding hydrogens is 302 g/mol. The first-order chi connectivity index (χ1) is 9.13. The van der Waals surface area contributed by atoms with Crippen molar-refractivity contribution in [2.24, 2.45) is 0 Å². The molecule has 0 radical (unpaired) electrons. The maximum Gasteiger partial charge on any atom is 0.156 e. The molecule has 3 nitrogen and oxygen atoms in total. The van der Waals surface area contributed by atoms with Crippen LogP contribution in [0.1, 0.15) is 43.9 Å². The lowest BCUT2D eigenvalue weighted by Gasteiger charge is -2.00. The Morgan fingerprint density at radius 3 is 2.95 bits per heavy atom. The Morgan fingerprint density at radius 1 is 1.42 bits per heavy atom. The monoisotopic (exact) mass is 319 g/mol. The molecule has 2 rings (SSSR count). The molecule has 0 saturated heterocycles. The van der Waals surface area contributed by atoms with Crippen LogP contribution in [0.4, 0.5) is 5.82 Å². The lowest BCUT2D eigenvalue weighted by molar-refractivity contribution is 0.737. The van der Waals surface area contributed by atoms with Crippen molar-refractivity contribution in [2.75, 3.05) is 5.73 Å². The molecule has 19 heavy (non-hydrogen) atoms. The van der Waals surface area contributed by atoms with Gasteiger partial charge in [0.25, 0.3) is 0 Å². The second kappa shape index (κ2) is 6.12. The molecular formula is C15H18BrN3. The number of anilines is 1. The van der Waals surface area contributed by atoms with Crippen LogP contribution in [0.25, 0.3) is 5.65 Å². The maximum atomic E-state index is 6.09. The molecule has 0 saturated carbocycles. The van der Waals surface area contributed by atoms with Crippen molar-refractivity contribution in [3.05, 3.63) is 28.0 Å². The van der Waals surface area contributed by atoms with Crippen LogP contribution >= 0.6 is 15.9 Å². The quantitative estimate of drug-likeness (QED) is 0.688. The van der Waals surface area contributed by atoms with E-state index in [1.165, 1.54) is 12.8 Å². The fraction of sp³-hybridized carbons (Fsp3) is 0.400. The summed E-state index contributed by atoms with van der Waals surface area (Å²) in [5, 5.41) is 0. The molecule has 0 spiro atoms. The molecule has 0 amide bonds. The van der Waals surface area contributed by atoms with Gasteiger partial charge in [0.05, 0.1) is 0 Å². The van der Waals surface area contributed by atoms with Gasteiger partial charge in [-0.15, -0.1) is 0 Å². The Hall–Kier alpha value is -1.47. The zero-order valence-corrected chi connectivity index (χ0v) is 12.9. The fourth-order valence-corrected chi connectivity index (χ4v) is 2.54. The number of imidazole rings is 1. The molecule has 0 aliphatic heterocycles. The van der Waals surface area contributed by atoms with E-state index in [2.05, 4.69) is 39.7 Å². The van der Waals surface area contributed by atoms with Gasteiger partial charge < -0.3 is 5.73 Å². The minimum atomic E-state index is 0.613. The Morgan fingerprint density at radius 2 is 2.21 bits per heavy atom. The summed E-state index contributed by atoms with van der Waals surface area (Å²) in [5.74, 6) is 6.85. The molecule has 2 heterocycles. The van der Waals surface area contributed by atoms with Crippen LogP contribution < -0.4 is 5.73 Å². The van der Waals surface area contributed by atoms with E-state index in [0.717, 1.165) is 28.5 Å². The van der Waals surface area contributed by atoms with Crippen molar-refractivity contribution in [3.8, 4) is 11.8 Å². The summed E-state index contributed by atoms with van der Waals surface area (Å²) < 4.78 is 2.87. The molecule has 4 heteroatoms. The SMILES string of the molecule is CCCCCC#Cc1nc2c(C)cc(Br)cn2c1N. The average molecular weight is 320 g/mol. The van der Waals surface area contributed by atoms with Gasteiger partial charge in [0.15, 0.2) is 5.69 Å². The Bertz CT molecular complexity index is 647. The third-order valence-electron chi connectivity index (χ3n) is 3.02. The minimum absolute atomic E-state index is 0.613. The molecule has 0 aliphatic carbocycles. The molecule has 0 atom stereocenters. The summed E-state index contributed by atoms with van der Waals surface area (Å²) in [6, 6.07) is 2.03. The second-order valence-electron chi connectivity index (χ2n) is 4.64. The fourth-order valence-electron chi connectivity index (χ4n) is 1.99. The van der Waals surface area contributed by atoms with Gasteiger partial charge in [-0.2, -0.15) is 0 Å². The smallest absolute Gasteiger partial charge is 0.156 e. The molecule has 2 aromatic heterocycles. The summed E-state index contributed by atoms with van der Waals surface area (Å²) in [6.07, 6.45) is 6.41. The highest BCUT2D eigenvalue weighted by molar-refractivity contribution is 9.10. The number of hydrogen-bond donors (Lipinski definition) is 1. The number of aromatic nitrogens is 2. The van der Waals surface area contributed by atoms with Crippen molar-refractivity contribution in [1.29, 1.82) is 0 Å². The first-order valence-corrected chi connectivity index (χ1v) is 7.35.